The number of aromatic nitrogens is 1. The van der Waals surface area contributed by atoms with E-state index in [1.807, 2.05) is 39.0 Å². The Hall–Kier alpha value is -3.37. The predicted molar refractivity (Wildman–Crippen MR) is 180 cm³/mol. The zero-order valence-corrected chi connectivity index (χ0v) is 28.4. The number of pyridine rings is 1. The van der Waals surface area contributed by atoms with Crippen LogP contribution in [0.1, 0.15) is 53.4 Å². The number of nitrogens with zero attached hydrogens (tertiary/aromatic N) is 1. The Kier molecular flexibility index (Phi) is 11.3. The fourth-order valence-corrected chi connectivity index (χ4v) is 6.88. The Labute approximate surface area is 272 Å². The van der Waals surface area contributed by atoms with Gasteiger partial charge in [-0.1, -0.05) is 93.2 Å². The molecule has 6 aromatic rings. The van der Waals surface area contributed by atoms with Crippen molar-refractivity contribution in [3.8, 4) is 11.3 Å². The molecule has 0 saturated carbocycles. The van der Waals surface area contributed by atoms with E-state index in [1.54, 1.807) is 0 Å². The average molecular weight is 765 g/mol. The fraction of sp³-hybridized carbons (Fsp3) is 0.263. The van der Waals surface area contributed by atoms with Crippen LogP contribution in [0.4, 0.5) is 0 Å². The van der Waals surface area contributed by atoms with Gasteiger partial charge < -0.3 is 5.11 Å². The van der Waals surface area contributed by atoms with Crippen LogP contribution in [-0.2, 0) is 24.9 Å². The molecule has 5 heteroatoms. The van der Waals surface area contributed by atoms with Gasteiger partial charge in [-0.05, 0) is 48.6 Å². The van der Waals surface area contributed by atoms with Crippen LogP contribution < -0.4 is 0 Å². The van der Waals surface area contributed by atoms with Crippen molar-refractivity contribution in [2.24, 2.45) is 11.8 Å². The smallest absolute Gasteiger partial charge is 0.162 e. The normalized spacial score (nSPS) is 11.7. The summed E-state index contributed by atoms with van der Waals surface area (Å²) in [7, 11) is 0. The van der Waals surface area contributed by atoms with Gasteiger partial charge in [0.05, 0.1) is 11.3 Å². The van der Waals surface area contributed by atoms with E-state index in [9.17, 15) is 9.90 Å². The first-order valence-electron chi connectivity index (χ1n) is 15.0. The molecule has 6 rings (SSSR count). The number of benzene rings is 4. The summed E-state index contributed by atoms with van der Waals surface area (Å²) in [6.07, 6.45) is 4.91. The van der Waals surface area contributed by atoms with Crippen molar-refractivity contribution >= 4 is 59.0 Å². The molecule has 0 aliphatic heterocycles. The number of hydrogen-bond acceptors (Lipinski definition) is 4. The summed E-state index contributed by atoms with van der Waals surface area (Å²) in [5.74, 6) is 0.547. The van der Waals surface area contributed by atoms with E-state index in [2.05, 4.69) is 91.0 Å². The summed E-state index contributed by atoms with van der Waals surface area (Å²) < 4.78 is 2.60. The molecule has 2 aromatic heterocycles. The number of allylic oxidation sites excluding steroid dienone is 2. The van der Waals surface area contributed by atoms with Crippen molar-refractivity contribution in [1.82, 2.24) is 4.98 Å². The minimum Gasteiger partial charge on any atom is -0.512 e. The first-order chi connectivity index (χ1) is 20.5. The Bertz CT molecular complexity index is 1880. The van der Waals surface area contributed by atoms with Gasteiger partial charge in [0.1, 0.15) is 0 Å². The summed E-state index contributed by atoms with van der Waals surface area (Å²) in [5.41, 5.74) is 3.10. The van der Waals surface area contributed by atoms with E-state index in [4.69, 9.17) is 4.98 Å². The summed E-state index contributed by atoms with van der Waals surface area (Å²) >= 11 is 1.85. The number of hydrogen-bond donors (Lipinski definition) is 1. The van der Waals surface area contributed by atoms with Crippen LogP contribution in [0.2, 0.25) is 0 Å². The zero-order valence-electron chi connectivity index (χ0n) is 25.2. The molecule has 0 aliphatic rings. The summed E-state index contributed by atoms with van der Waals surface area (Å²) in [5, 5.41) is 15.8. The number of rotatable bonds is 8. The largest absolute Gasteiger partial charge is 0.512 e. The van der Waals surface area contributed by atoms with Gasteiger partial charge in [0.15, 0.2) is 5.78 Å². The first kappa shape index (κ1) is 32.5. The van der Waals surface area contributed by atoms with Gasteiger partial charge in [-0.25, -0.2) is 0 Å². The third-order valence-corrected chi connectivity index (χ3v) is 9.41. The molecule has 3 nitrogen and oxygen atoms in total. The second kappa shape index (κ2) is 14.9. The first-order valence-corrected chi connectivity index (χ1v) is 15.9. The van der Waals surface area contributed by atoms with Crippen molar-refractivity contribution in [2.45, 2.75) is 53.4 Å². The van der Waals surface area contributed by atoms with Crippen molar-refractivity contribution < 1.29 is 30.0 Å². The molecule has 0 aliphatic carbocycles. The number of thiophene rings is 1. The quantitative estimate of drug-likeness (QED) is 0.0954. The minimum atomic E-state index is 0. The molecular weight excluding hydrogens is 727 g/mol. The fourth-order valence-electron chi connectivity index (χ4n) is 5.64. The Morgan fingerprint density at radius 3 is 2.16 bits per heavy atom. The summed E-state index contributed by atoms with van der Waals surface area (Å²) in [6, 6.07) is 33.3. The molecule has 0 unspecified atom stereocenters. The number of fused-ring (bicyclic) bond motifs is 6. The van der Waals surface area contributed by atoms with Gasteiger partial charge in [0, 0.05) is 58.5 Å². The topological polar surface area (TPSA) is 50.2 Å². The SMILES string of the molecule is CCC(CC)C(=O)/C=C(\O)C(CC)CC.[Ir].[c-]1c(-c2nc3ccccc3c3sc4ccccc4c23)ccc2ccccc12. The van der Waals surface area contributed by atoms with E-state index in [-0.39, 0.29) is 43.5 Å². The van der Waals surface area contributed by atoms with E-state index in [0.717, 1.165) is 47.8 Å². The van der Waals surface area contributed by atoms with E-state index in [1.165, 1.54) is 37.0 Å². The second-order valence-electron chi connectivity index (χ2n) is 10.7. The Balaban J connectivity index is 0.000000230. The molecule has 223 valence electrons. The molecule has 4 aromatic carbocycles. The molecule has 0 amide bonds. The third kappa shape index (κ3) is 6.91. The van der Waals surface area contributed by atoms with Gasteiger partial charge in [0.25, 0.3) is 0 Å². The van der Waals surface area contributed by atoms with Crippen molar-refractivity contribution in [2.75, 3.05) is 0 Å². The molecule has 2 heterocycles. The summed E-state index contributed by atoms with van der Waals surface area (Å²) in [4.78, 5) is 16.8. The third-order valence-electron chi connectivity index (χ3n) is 8.21. The van der Waals surface area contributed by atoms with E-state index in [0.29, 0.717) is 0 Å². The molecule has 0 fully saturated rings. The minimum absolute atomic E-state index is 0. The number of carbonyl (C=O) groups is 1. The Morgan fingerprint density at radius 1 is 0.814 bits per heavy atom. The van der Waals surface area contributed by atoms with Crippen LogP contribution >= 0.6 is 11.3 Å². The maximum atomic E-state index is 11.7. The maximum Gasteiger partial charge on any atom is 0.162 e. The molecule has 1 N–H and O–H groups in total. The molecule has 43 heavy (non-hydrogen) atoms. The molecule has 0 atom stereocenters. The number of aliphatic hydroxyl groups excluding tert-OH is 1. The van der Waals surface area contributed by atoms with Gasteiger partial charge >= 0.3 is 0 Å². The monoisotopic (exact) mass is 765 g/mol. The van der Waals surface area contributed by atoms with Crippen molar-refractivity contribution in [3.05, 3.63) is 103 Å². The standard InChI is InChI=1S/C25H14NS.C13H24O2.Ir/c1-2-8-17-15-18(14-13-16(17)7-1)24-23-20-10-4-6-12-22(20)27-25(23)19-9-3-5-11-21(19)26-24;1-5-10(6-2)12(14)9-13(15)11(7-3)8-4;/h1-14H;9-11,14H,5-8H2,1-4H3;/q-1;;/b;12-9-;. The van der Waals surface area contributed by atoms with Crippen LogP contribution in [-0.4, -0.2) is 15.9 Å². The maximum absolute atomic E-state index is 11.7. The Morgan fingerprint density at radius 2 is 1.44 bits per heavy atom. The molecule has 0 spiro atoms. The number of carbonyl (C=O) groups excluding carboxylic acids is 1. The zero-order chi connectivity index (χ0) is 29.6. The van der Waals surface area contributed by atoms with Crippen LogP contribution in [0.3, 0.4) is 0 Å². The number of para-hydroxylation sites is 1. The number of ketones is 1. The average Bonchev–Trinajstić information content (AvgIpc) is 3.42. The van der Waals surface area contributed by atoms with Gasteiger partial charge in [-0.2, -0.15) is 0 Å². The van der Waals surface area contributed by atoms with Gasteiger partial charge in [-0.3, -0.25) is 9.78 Å². The second-order valence-corrected chi connectivity index (χ2v) is 11.8. The molecule has 0 bridgehead atoms. The van der Waals surface area contributed by atoms with E-state index >= 15 is 0 Å². The van der Waals surface area contributed by atoms with Crippen LogP contribution in [0.5, 0.6) is 0 Å². The van der Waals surface area contributed by atoms with Gasteiger partial charge in [0.2, 0.25) is 0 Å². The molecular formula is C38H38IrNO2S-. The van der Waals surface area contributed by atoms with Crippen LogP contribution in [0, 0.1) is 17.9 Å². The molecule has 1 radical (unpaired) electrons. The van der Waals surface area contributed by atoms with Crippen LogP contribution in [0.15, 0.2) is 96.8 Å². The van der Waals surface area contributed by atoms with Crippen molar-refractivity contribution in [3.63, 3.8) is 0 Å². The summed E-state index contributed by atoms with van der Waals surface area (Å²) in [6.45, 7) is 8.07. The van der Waals surface area contributed by atoms with Crippen molar-refractivity contribution in [1.29, 1.82) is 0 Å². The number of aliphatic hydroxyl groups is 1. The van der Waals surface area contributed by atoms with E-state index < -0.39 is 0 Å². The van der Waals surface area contributed by atoms with Gasteiger partial charge in [-0.15, -0.1) is 41.0 Å². The molecule has 0 saturated heterocycles. The predicted octanol–water partition coefficient (Wildman–Crippen LogP) is 11.1. The van der Waals surface area contributed by atoms with Crippen LogP contribution in [0.25, 0.3) is 53.1 Å².